The molecule has 1 aromatic carbocycles. The second kappa shape index (κ2) is 4.31. The van der Waals surface area contributed by atoms with Crippen LogP contribution in [0.15, 0.2) is 22.8 Å². The largest absolute Gasteiger partial charge is 0.462 e. The summed E-state index contributed by atoms with van der Waals surface area (Å²) in [5.41, 5.74) is 1.59. The minimum absolute atomic E-state index is 0.319. The molecule has 2 nitrogen and oxygen atoms in total. The van der Waals surface area contributed by atoms with Gasteiger partial charge in [-0.2, -0.15) is 0 Å². The van der Waals surface area contributed by atoms with Gasteiger partial charge in [0.2, 0.25) is 0 Å². The normalized spacial score (nSPS) is 15.6. The molecule has 3 rings (SSSR count). The first-order valence-electron chi connectivity index (χ1n) is 5.82. The van der Waals surface area contributed by atoms with Gasteiger partial charge in [-0.3, -0.25) is 0 Å². The summed E-state index contributed by atoms with van der Waals surface area (Å²) in [5, 5.41) is 4.54. The van der Waals surface area contributed by atoms with Crippen LogP contribution in [0.1, 0.15) is 18.4 Å². The highest BCUT2D eigenvalue weighted by Crippen LogP contribution is 2.29. The number of benzene rings is 1. The number of fused-ring (bicyclic) bond motifs is 1. The first-order valence-corrected chi connectivity index (χ1v) is 6.20. The van der Waals surface area contributed by atoms with E-state index >= 15 is 0 Å². The van der Waals surface area contributed by atoms with Gasteiger partial charge in [0.1, 0.15) is 5.82 Å². The van der Waals surface area contributed by atoms with Crippen molar-refractivity contribution >= 4 is 22.6 Å². The van der Waals surface area contributed by atoms with Crippen molar-refractivity contribution < 1.29 is 8.81 Å². The highest BCUT2D eigenvalue weighted by molar-refractivity contribution is 6.34. The van der Waals surface area contributed by atoms with Crippen LogP contribution in [0, 0.1) is 5.82 Å². The zero-order valence-corrected chi connectivity index (χ0v) is 10.1. The zero-order chi connectivity index (χ0) is 11.8. The van der Waals surface area contributed by atoms with E-state index in [0.29, 0.717) is 16.6 Å². The van der Waals surface area contributed by atoms with Crippen LogP contribution in [-0.2, 0) is 6.42 Å². The van der Waals surface area contributed by atoms with E-state index in [1.165, 1.54) is 25.0 Å². The highest BCUT2D eigenvalue weighted by atomic mass is 35.5. The van der Waals surface area contributed by atoms with Crippen LogP contribution in [0.25, 0.3) is 11.0 Å². The van der Waals surface area contributed by atoms with Gasteiger partial charge in [0.15, 0.2) is 5.58 Å². The average molecular weight is 254 g/mol. The monoisotopic (exact) mass is 253 g/mol. The molecule has 0 unspecified atom stereocenters. The summed E-state index contributed by atoms with van der Waals surface area (Å²) in [5.74, 6) is -0.319. The summed E-state index contributed by atoms with van der Waals surface area (Å²) >= 11 is 5.92. The molecule has 0 aliphatic heterocycles. The van der Waals surface area contributed by atoms with Crippen molar-refractivity contribution in [3.05, 3.63) is 34.8 Å². The van der Waals surface area contributed by atoms with Gasteiger partial charge in [-0.25, -0.2) is 4.39 Å². The van der Waals surface area contributed by atoms with Crippen molar-refractivity contribution in [2.24, 2.45) is 0 Å². The van der Waals surface area contributed by atoms with E-state index in [2.05, 4.69) is 5.32 Å². The van der Waals surface area contributed by atoms with E-state index in [4.69, 9.17) is 16.0 Å². The molecule has 0 radical (unpaired) electrons. The minimum Gasteiger partial charge on any atom is -0.462 e. The quantitative estimate of drug-likeness (QED) is 0.902. The topological polar surface area (TPSA) is 25.2 Å². The fraction of sp³-hybridized carbons (Fsp3) is 0.385. The summed E-state index contributed by atoms with van der Waals surface area (Å²) in [4.78, 5) is 0. The number of rotatable bonds is 4. The van der Waals surface area contributed by atoms with Crippen LogP contribution in [0.4, 0.5) is 4.39 Å². The number of halogens is 2. The highest BCUT2D eigenvalue weighted by Gasteiger charge is 2.20. The van der Waals surface area contributed by atoms with E-state index in [-0.39, 0.29) is 5.82 Å². The van der Waals surface area contributed by atoms with E-state index in [1.807, 2.05) is 0 Å². The molecule has 1 aliphatic carbocycles. The molecule has 1 aliphatic rings. The Bertz CT molecular complexity index is 548. The number of hydrogen-bond donors (Lipinski definition) is 1. The van der Waals surface area contributed by atoms with Crippen LogP contribution in [-0.4, -0.2) is 12.6 Å². The van der Waals surface area contributed by atoms with E-state index < -0.39 is 0 Å². The molecule has 1 N–H and O–H groups in total. The Morgan fingerprint density at radius 3 is 3.00 bits per heavy atom. The van der Waals surface area contributed by atoms with E-state index in [0.717, 1.165) is 23.9 Å². The molecule has 0 bridgehead atoms. The molecule has 0 amide bonds. The second-order valence-corrected chi connectivity index (χ2v) is 4.91. The Morgan fingerprint density at radius 2 is 2.24 bits per heavy atom. The third-order valence-corrected chi connectivity index (χ3v) is 3.36. The van der Waals surface area contributed by atoms with Crippen molar-refractivity contribution in [1.82, 2.24) is 5.32 Å². The van der Waals surface area contributed by atoms with Crippen molar-refractivity contribution in [2.75, 3.05) is 6.54 Å². The summed E-state index contributed by atoms with van der Waals surface area (Å²) in [6.07, 6.45) is 5.05. The van der Waals surface area contributed by atoms with E-state index in [1.54, 1.807) is 6.26 Å². The molecule has 2 aromatic rings. The van der Waals surface area contributed by atoms with Gasteiger partial charge in [-0.15, -0.1) is 0 Å². The molecule has 0 saturated heterocycles. The summed E-state index contributed by atoms with van der Waals surface area (Å²) in [7, 11) is 0. The van der Waals surface area contributed by atoms with E-state index in [9.17, 15) is 4.39 Å². The molecular formula is C13H13ClFNO. The van der Waals surface area contributed by atoms with Gasteiger partial charge in [-0.05, 0) is 43.5 Å². The number of hydrogen-bond acceptors (Lipinski definition) is 2. The maximum Gasteiger partial charge on any atom is 0.152 e. The Hall–Kier alpha value is -1.06. The summed E-state index contributed by atoms with van der Waals surface area (Å²) in [6.45, 7) is 0.896. The standard InChI is InChI=1S/C13H13ClFNO/c14-12-6-9(15)5-11-8(7-17-13(11)12)3-4-16-10-1-2-10/h5-7,10,16H,1-4H2. The van der Waals surface area contributed by atoms with Gasteiger partial charge >= 0.3 is 0 Å². The van der Waals surface area contributed by atoms with Crippen LogP contribution < -0.4 is 5.32 Å². The Kier molecular flexibility index (Phi) is 2.81. The Balaban J connectivity index is 1.83. The van der Waals surface area contributed by atoms with Crippen LogP contribution in [0.3, 0.4) is 0 Å². The van der Waals surface area contributed by atoms with Crippen molar-refractivity contribution in [2.45, 2.75) is 25.3 Å². The van der Waals surface area contributed by atoms with Crippen LogP contribution in [0.2, 0.25) is 5.02 Å². The van der Waals surface area contributed by atoms with Gasteiger partial charge in [0.05, 0.1) is 11.3 Å². The maximum absolute atomic E-state index is 13.3. The van der Waals surface area contributed by atoms with Crippen molar-refractivity contribution in [1.29, 1.82) is 0 Å². The molecule has 17 heavy (non-hydrogen) atoms. The number of nitrogens with one attached hydrogen (secondary N) is 1. The fourth-order valence-corrected chi connectivity index (χ4v) is 2.25. The van der Waals surface area contributed by atoms with Gasteiger partial charge in [0.25, 0.3) is 0 Å². The molecular weight excluding hydrogens is 241 g/mol. The third-order valence-electron chi connectivity index (χ3n) is 3.08. The molecule has 1 fully saturated rings. The first kappa shape index (κ1) is 11.1. The van der Waals surface area contributed by atoms with Crippen LogP contribution in [0.5, 0.6) is 0 Å². The molecule has 1 aromatic heterocycles. The first-order chi connectivity index (χ1) is 8.24. The second-order valence-electron chi connectivity index (χ2n) is 4.50. The number of furan rings is 1. The van der Waals surface area contributed by atoms with Crippen molar-refractivity contribution in [3.63, 3.8) is 0 Å². The molecule has 1 heterocycles. The predicted octanol–water partition coefficient (Wildman–Crippen LogP) is 3.52. The lowest BCUT2D eigenvalue weighted by Gasteiger charge is -2.01. The molecule has 90 valence electrons. The third kappa shape index (κ3) is 2.31. The van der Waals surface area contributed by atoms with Gasteiger partial charge < -0.3 is 9.73 Å². The smallest absolute Gasteiger partial charge is 0.152 e. The van der Waals surface area contributed by atoms with Crippen LogP contribution >= 0.6 is 11.6 Å². The summed E-state index contributed by atoms with van der Waals surface area (Å²) < 4.78 is 18.7. The van der Waals surface area contributed by atoms with Gasteiger partial charge in [-0.1, -0.05) is 11.6 Å². The fourth-order valence-electron chi connectivity index (χ4n) is 2.00. The lowest BCUT2D eigenvalue weighted by Crippen LogP contribution is -2.19. The predicted molar refractivity (Wildman–Crippen MR) is 65.9 cm³/mol. The average Bonchev–Trinajstić information content (AvgIpc) is 3.01. The van der Waals surface area contributed by atoms with Gasteiger partial charge in [0, 0.05) is 11.4 Å². The lowest BCUT2D eigenvalue weighted by atomic mass is 10.1. The Labute approximate surface area is 104 Å². The zero-order valence-electron chi connectivity index (χ0n) is 9.30. The molecule has 1 saturated carbocycles. The molecule has 0 spiro atoms. The molecule has 4 heteroatoms. The molecule has 0 atom stereocenters. The Morgan fingerprint density at radius 1 is 1.41 bits per heavy atom. The minimum atomic E-state index is -0.319. The summed E-state index contributed by atoms with van der Waals surface area (Å²) in [6, 6.07) is 3.45. The maximum atomic E-state index is 13.3. The van der Waals surface area contributed by atoms with Crippen molar-refractivity contribution in [3.8, 4) is 0 Å². The SMILES string of the molecule is Fc1cc(Cl)c2occ(CCNC3CC3)c2c1. The lowest BCUT2D eigenvalue weighted by molar-refractivity contribution is 0.602.